The maximum absolute atomic E-state index is 10.8. The number of azide groups is 1. The van der Waals surface area contributed by atoms with Crippen molar-refractivity contribution in [1.82, 2.24) is 0 Å². The number of aliphatic hydroxyl groups excluding tert-OH is 1. The van der Waals surface area contributed by atoms with Crippen LogP contribution in [0, 0.1) is 0 Å². The highest BCUT2D eigenvalue weighted by Crippen LogP contribution is 2.19. The van der Waals surface area contributed by atoms with Gasteiger partial charge in [0.25, 0.3) is 5.78 Å². The molecule has 0 spiro atoms. The van der Waals surface area contributed by atoms with Gasteiger partial charge in [0.1, 0.15) is 5.76 Å². The molecule has 0 aliphatic carbocycles. The van der Waals surface area contributed by atoms with E-state index in [9.17, 15) is 14.7 Å². The predicted molar refractivity (Wildman–Crippen MR) is 58.5 cm³/mol. The Balaban J connectivity index is 3.08. The highest BCUT2D eigenvalue weighted by molar-refractivity contribution is 6.38. The summed E-state index contributed by atoms with van der Waals surface area (Å²) >= 11 is 0. The lowest BCUT2D eigenvalue weighted by molar-refractivity contribution is -0.146. The van der Waals surface area contributed by atoms with Gasteiger partial charge in [0, 0.05) is 22.2 Å². The summed E-state index contributed by atoms with van der Waals surface area (Å²) in [6.07, 6.45) is 0.581. The van der Waals surface area contributed by atoms with E-state index >= 15 is 0 Å². The normalized spacial score (nSPS) is 10.5. The summed E-state index contributed by atoms with van der Waals surface area (Å²) in [6, 6.07) is 5.75. The van der Waals surface area contributed by atoms with Gasteiger partial charge in [0.2, 0.25) is 0 Å². The van der Waals surface area contributed by atoms with E-state index in [1.165, 1.54) is 24.3 Å². The minimum absolute atomic E-state index is 0.185. The number of carboxylic acid groups (broad SMARTS) is 1. The second-order valence-electron chi connectivity index (χ2n) is 2.94. The zero-order chi connectivity index (χ0) is 12.8. The zero-order valence-corrected chi connectivity index (χ0v) is 8.44. The van der Waals surface area contributed by atoms with Crippen molar-refractivity contribution in [1.29, 1.82) is 0 Å². The van der Waals surface area contributed by atoms with Gasteiger partial charge < -0.3 is 10.2 Å². The molecule has 0 saturated carbocycles. The van der Waals surface area contributed by atoms with E-state index in [1.54, 1.807) is 0 Å². The molecule has 0 saturated heterocycles. The lowest BCUT2D eigenvalue weighted by Gasteiger charge is -2.00. The number of aliphatic carboxylic acids is 1. The van der Waals surface area contributed by atoms with Crippen LogP contribution in [0.3, 0.4) is 0 Å². The van der Waals surface area contributed by atoms with Crippen LogP contribution in [0.5, 0.6) is 0 Å². The molecule has 7 heteroatoms. The second kappa shape index (κ2) is 5.34. The summed E-state index contributed by atoms with van der Waals surface area (Å²) in [5.41, 5.74) is 8.64. The molecule has 1 rings (SSSR count). The van der Waals surface area contributed by atoms with Gasteiger partial charge in [-0.25, -0.2) is 4.79 Å². The summed E-state index contributed by atoms with van der Waals surface area (Å²) < 4.78 is 0. The van der Waals surface area contributed by atoms with E-state index < -0.39 is 17.5 Å². The molecule has 0 fully saturated rings. The fourth-order valence-electron chi connectivity index (χ4n) is 1.05. The van der Waals surface area contributed by atoms with Crippen LogP contribution in [0.25, 0.3) is 16.2 Å². The number of ketones is 1. The standard InChI is InChI=1S/C10H7N3O4/c11-13-12-7-3-1-2-6(4-7)8(14)5-9(15)10(16)17/h1-5,14H,(H,16,17). The van der Waals surface area contributed by atoms with Crippen LogP contribution in [0.1, 0.15) is 5.56 Å². The Hall–Kier alpha value is -2.79. The number of carbonyl (C=O) groups excluding carboxylic acids is 1. The van der Waals surface area contributed by atoms with Crippen LogP contribution in [0.15, 0.2) is 35.5 Å². The molecule has 86 valence electrons. The average Bonchev–Trinajstić information content (AvgIpc) is 2.29. The van der Waals surface area contributed by atoms with Crippen LogP contribution in [-0.2, 0) is 9.59 Å². The molecule has 2 N–H and O–H groups in total. The van der Waals surface area contributed by atoms with Gasteiger partial charge in [-0.05, 0) is 11.6 Å². The first-order valence-electron chi connectivity index (χ1n) is 4.38. The van der Waals surface area contributed by atoms with Gasteiger partial charge >= 0.3 is 5.97 Å². The van der Waals surface area contributed by atoms with Crippen molar-refractivity contribution in [2.24, 2.45) is 5.11 Å². The van der Waals surface area contributed by atoms with E-state index in [0.717, 1.165) is 0 Å². The Morgan fingerprint density at radius 3 is 2.65 bits per heavy atom. The molecule has 1 aromatic rings. The van der Waals surface area contributed by atoms with E-state index in [2.05, 4.69) is 10.0 Å². The molecule has 0 bridgehead atoms. The summed E-state index contributed by atoms with van der Waals surface area (Å²) in [5.74, 6) is -3.41. The minimum atomic E-state index is -1.66. The van der Waals surface area contributed by atoms with Crippen LogP contribution in [-0.4, -0.2) is 22.0 Å². The molecular formula is C10H7N3O4. The number of hydrogen-bond donors (Lipinski definition) is 2. The van der Waals surface area contributed by atoms with E-state index in [1.807, 2.05) is 0 Å². The van der Waals surface area contributed by atoms with Gasteiger partial charge in [-0.1, -0.05) is 23.3 Å². The van der Waals surface area contributed by atoms with E-state index in [4.69, 9.17) is 10.6 Å². The number of carboxylic acids is 1. The molecule has 0 unspecified atom stereocenters. The van der Waals surface area contributed by atoms with Crippen molar-refractivity contribution in [2.45, 2.75) is 0 Å². The Bertz CT molecular complexity index is 544. The van der Waals surface area contributed by atoms with Crippen molar-refractivity contribution in [3.05, 3.63) is 46.3 Å². The Morgan fingerprint density at radius 2 is 2.06 bits per heavy atom. The highest BCUT2D eigenvalue weighted by Gasteiger charge is 2.10. The highest BCUT2D eigenvalue weighted by atomic mass is 16.4. The fraction of sp³-hybridized carbons (Fsp3) is 0. The number of hydrogen-bond acceptors (Lipinski definition) is 4. The minimum Gasteiger partial charge on any atom is -0.507 e. The van der Waals surface area contributed by atoms with Crippen molar-refractivity contribution in [3.8, 4) is 0 Å². The molecule has 0 heterocycles. The molecule has 0 radical (unpaired) electrons. The second-order valence-corrected chi connectivity index (χ2v) is 2.94. The lowest BCUT2D eigenvalue weighted by atomic mass is 10.1. The number of nitrogens with zero attached hydrogens (tertiary/aromatic N) is 3. The maximum atomic E-state index is 10.8. The first-order chi connectivity index (χ1) is 8.04. The Morgan fingerprint density at radius 1 is 1.35 bits per heavy atom. The summed E-state index contributed by atoms with van der Waals surface area (Å²) in [5, 5.41) is 21.1. The van der Waals surface area contributed by atoms with Gasteiger partial charge in [0.15, 0.2) is 0 Å². The topological polar surface area (TPSA) is 123 Å². The number of rotatable bonds is 4. The van der Waals surface area contributed by atoms with Crippen LogP contribution in [0.4, 0.5) is 5.69 Å². The predicted octanol–water partition coefficient (Wildman–Crippen LogP) is 2.18. The largest absolute Gasteiger partial charge is 0.507 e. The van der Waals surface area contributed by atoms with Crippen molar-refractivity contribution < 1.29 is 19.8 Å². The lowest BCUT2D eigenvalue weighted by Crippen LogP contribution is -2.09. The number of benzene rings is 1. The van der Waals surface area contributed by atoms with Gasteiger partial charge in [-0.3, -0.25) is 4.79 Å². The average molecular weight is 233 g/mol. The van der Waals surface area contributed by atoms with Crippen molar-refractivity contribution in [3.63, 3.8) is 0 Å². The van der Waals surface area contributed by atoms with Gasteiger partial charge in [0.05, 0.1) is 0 Å². The number of aliphatic hydroxyl groups is 1. The smallest absolute Gasteiger partial charge is 0.376 e. The van der Waals surface area contributed by atoms with Gasteiger partial charge in [-0.2, -0.15) is 0 Å². The van der Waals surface area contributed by atoms with Crippen LogP contribution < -0.4 is 0 Å². The molecule has 17 heavy (non-hydrogen) atoms. The molecule has 0 aliphatic rings. The Labute approximate surface area is 95.2 Å². The molecule has 0 atom stereocenters. The Kier molecular flexibility index (Phi) is 3.86. The van der Waals surface area contributed by atoms with Crippen molar-refractivity contribution in [2.75, 3.05) is 0 Å². The van der Waals surface area contributed by atoms with Crippen LogP contribution in [0.2, 0.25) is 0 Å². The summed E-state index contributed by atoms with van der Waals surface area (Å²) in [4.78, 5) is 23.6. The van der Waals surface area contributed by atoms with E-state index in [-0.39, 0.29) is 11.3 Å². The third-order valence-electron chi connectivity index (χ3n) is 1.78. The molecular weight excluding hydrogens is 226 g/mol. The zero-order valence-electron chi connectivity index (χ0n) is 8.44. The van der Waals surface area contributed by atoms with E-state index in [0.29, 0.717) is 6.08 Å². The molecule has 7 nitrogen and oxygen atoms in total. The third kappa shape index (κ3) is 3.37. The molecule has 1 aromatic carbocycles. The summed E-state index contributed by atoms with van der Waals surface area (Å²) in [6.45, 7) is 0. The summed E-state index contributed by atoms with van der Waals surface area (Å²) in [7, 11) is 0. The molecule has 0 aliphatic heterocycles. The molecule has 0 aromatic heterocycles. The van der Waals surface area contributed by atoms with Crippen LogP contribution >= 0.6 is 0 Å². The van der Waals surface area contributed by atoms with Crippen molar-refractivity contribution >= 4 is 23.2 Å². The molecule has 0 amide bonds. The first-order valence-corrected chi connectivity index (χ1v) is 4.38. The quantitative estimate of drug-likeness (QED) is 0.206. The van der Waals surface area contributed by atoms with Gasteiger partial charge in [-0.15, -0.1) is 0 Å². The first kappa shape index (κ1) is 12.3. The number of carbonyl (C=O) groups is 2. The fourth-order valence-corrected chi connectivity index (χ4v) is 1.05. The third-order valence-corrected chi connectivity index (χ3v) is 1.78. The maximum Gasteiger partial charge on any atom is 0.376 e. The SMILES string of the molecule is [N-]=[N+]=Nc1cccc(C(O)=CC(=O)C(=O)O)c1. The monoisotopic (exact) mass is 233 g/mol.